The minimum absolute atomic E-state index is 0.0419. The molecule has 1 heterocycles. The molecule has 3 aromatic rings. The Kier molecular flexibility index (Phi) is 5.25. The molecule has 0 unspecified atom stereocenters. The SMILES string of the molecule is O=C(CCOc1ccc([N+](=O)[O-])cc1)Nc1ccc2nc(C(F)F)[nH]c2c1. The molecule has 0 atom stereocenters. The Hall–Kier alpha value is -3.56. The average Bonchev–Trinajstić information content (AvgIpc) is 3.06. The summed E-state index contributed by atoms with van der Waals surface area (Å²) in [4.78, 5) is 28.3. The number of nitrogens with one attached hydrogen (secondary N) is 2. The number of nitro groups is 1. The first-order valence-electron chi connectivity index (χ1n) is 7.87. The van der Waals surface area contributed by atoms with Gasteiger partial charge in [-0.3, -0.25) is 14.9 Å². The van der Waals surface area contributed by atoms with E-state index < -0.39 is 17.2 Å². The molecular formula is C17H14F2N4O4. The van der Waals surface area contributed by atoms with E-state index in [1.165, 1.54) is 36.4 Å². The third kappa shape index (κ3) is 4.54. The van der Waals surface area contributed by atoms with Gasteiger partial charge in [-0.1, -0.05) is 0 Å². The van der Waals surface area contributed by atoms with Gasteiger partial charge in [0, 0.05) is 17.8 Å². The number of nitrogens with zero attached hydrogens (tertiary/aromatic N) is 2. The first-order chi connectivity index (χ1) is 12.9. The average molecular weight is 376 g/mol. The Labute approximate surface area is 151 Å². The van der Waals surface area contributed by atoms with Crippen molar-refractivity contribution in [2.24, 2.45) is 0 Å². The molecule has 27 heavy (non-hydrogen) atoms. The summed E-state index contributed by atoms with van der Waals surface area (Å²) < 4.78 is 30.7. The molecule has 0 radical (unpaired) electrons. The minimum Gasteiger partial charge on any atom is -0.493 e. The lowest BCUT2D eigenvalue weighted by molar-refractivity contribution is -0.384. The van der Waals surface area contributed by atoms with Crippen LogP contribution in [-0.2, 0) is 4.79 Å². The highest BCUT2D eigenvalue weighted by Crippen LogP contribution is 2.22. The number of benzene rings is 2. The summed E-state index contributed by atoms with van der Waals surface area (Å²) >= 11 is 0. The van der Waals surface area contributed by atoms with E-state index in [9.17, 15) is 23.7 Å². The van der Waals surface area contributed by atoms with E-state index in [0.29, 0.717) is 22.5 Å². The van der Waals surface area contributed by atoms with Gasteiger partial charge in [0.2, 0.25) is 5.91 Å². The van der Waals surface area contributed by atoms with E-state index >= 15 is 0 Å². The number of fused-ring (bicyclic) bond motifs is 1. The lowest BCUT2D eigenvalue weighted by atomic mass is 10.2. The maximum absolute atomic E-state index is 12.6. The maximum atomic E-state index is 12.6. The number of aromatic nitrogens is 2. The van der Waals surface area contributed by atoms with E-state index in [4.69, 9.17) is 4.74 Å². The summed E-state index contributed by atoms with van der Waals surface area (Å²) in [6, 6.07) is 10.1. The van der Waals surface area contributed by atoms with Crippen molar-refractivity contribution >= 4 is 28.3 Å². The molecule has 10 heteroatoms. The van der Waals surface area contributed by atoms with Crippen LogP contribution in [0.5, 0.6) is 5.75 Å². The minimum atomic E-state index is -2.70. The van der Waals surface area contributed by atoms with Crippen LogP contribution in [0.3, 0.4) is 0 Å². The summed E-state index contributed by atoms with van der Waals surface area (Å²) in [5.74, 6) is -0.346. The van der Waals surface area contributed by atoms with E-state index in [2.05, 4.69) is 15.3 Å². The molecule has 1 aromatic heterocycles. The maximum Gasteiger partial charge on any atom is 0.295 e. The molecule has 0 spiro atoms. The zero-order chi connectivity index (χ0) is 19.4. The molecular weight excluding hydrogens is 362 g/mol. The third-order valence-corrected chi connectivity index (χ3v) is 3.64. The summed E-state index contributed by atoms with van der Waals surface area (Å²) in [6.45, 7) is 0.0749. The lowest BCUT2D eigenvalue weighted by Crippen LogP contribution is -2.15. The van der Waals surface area contributed by atoms with Crippen LogP contribution in [0.25, 0.3) is 11.0 Å². The first-order valence-corrected chi connectivity index (χ1v) is 7.87. The van der Waals surface area contributed by atoms with Crippen LogP contribution in [0.15, 0.2) is 42.5 Å². The van der Waals surface area contributed by atoms with E-state index in [1.807, 2.05) is 0 Å². The van der Waals surface area contributed by atoms with Crippen molar-refractivity contribution in [3.63, 3.8) is 0 Å². The smallest absolute Gasteiger partial charge is 0.295 e. The highest BCUT2D eigenvalue weighted by Gasteiger charge is 2.13. The number of anilines is 1. The second kappa shape index (κ2) is 7.77. The Balaban J connectivity index is 1.53. The molecule has 0 fully saturated rings. The number of ether oxygens (including phenoxy) is 1. The third-order valence-electron chi connectivity index (χ3n) is 3.64. The van der Waals surface area contributed by atoms with Crippen LogP contribution in [0.1, 0.15) is 18.7 Å². The number of hydrogen-bond acceptors (Lipinski definition) is 5. The van der Waals surface area contributed by atoms with Crippen molar-refractivity contribution in [3.05, 3.63) is 58.4 Å². The molecule has 3 rings (SSSR count). The fourth-order valence-corrected chi connectivity index (χ4v) is 2.36. The molecule has 1 amide bonds. The Morgan fingerprint density at radius 2 is 2.00 bits per heavy atom. The number of nitro benzene ring substituents is 1. The van der Waals surface area contributed by atoms with Gasteiger partial charge < -0.3 is 15.0 Å². The van der Waals surface area contributed by atoms with Gasteiger partial charge in [-0.25, -0.2) is 13.8 Å². The molecule has 0 saturated heterocycles. The van der Waals surface area contributed by atoms with Crippen LogP contribution in [0.4, 0.5) is 20.2 Å². The fraction of sp³-hybridized carbons (Fsp3) is 0.176. The number of carbonyl (C=O) groups excluding carboxylic acids is 1. The predicted molar refractivity (Wildman–Crippen MR) is 92.9 cm³/mol. The van der Waals surface area contributed by atoms with Crippen molar-refractivity contribution in [2.75, 3.05) is 11.9 Å². The number of halogens is 2. The van der Waals surface area contributed by atoms with Gasteiger partial charge in [-0.05, 0) is 30.3 Å². The first kappa shape index (κ1) is 18.2. The standard InChI is InChI=1S/C17H14F2N4O4/c18-16(19)17-21-13-6-1-10(9-14(13)22-17)20-15(24)7-8-27-12-4-2-11(3-5-12)23(25)26/h1-6,9,16H,7-8H2,(H,20,24)(H,21,22). The number of amides is 1. The normalized spacial score (nSPS) is 10.9. The lowest BCUT2D eigenvalue weighted by Gasteiger charge is -2.07. The summed E-state index contributed by atoms with van der Waals surface area (Å²) in [5.41, 5.74) is 1.16. The van der Waals surface area contributed by atoms with E-state index in [0.717, 1.165) is 0 Å². The number of non-ortho nitro benzene ring substituents is 1. The van der Waals surface area contributed by atoms with Crippen LogP contribution in [0.2, 0.25) is 0 Å². The van der Waals surface area contributed by atoms with Crippen molar-refractivity contribution in [2.45, 2.75) is 12.8 Å². The second-order valence-electron chi connectivity index (χ2n) is 5.55. The van der Waals surface area contributed by atoms with Gasteiger partial charge in [0.1, 0.15) is 5.75 Å². The zero-order valence-corrected chi connectivity index (χ0v) is 13.8. The number of H-pyrrole nitrogens is 1. The largest absolute Gasteiger partial charge is 0.493 e. The summed E-state index contributed by atoms with van der Waals surface area (Å²) in [5, 5.41) is 13.2. The number of carbonyl (C=O) groups is 1. The molecule has 2 aromatic carbocycles. The van der Waals surface area contributed by atoms with Crippen molar-refractivity contribution < 1.29 is 23.2 Å². The van der Waals surface area contributed by atoms with Crippen LogP contribution >= 0.6 is 0 Å². The Morgan fingerprint density at radius 1 is 1.26 bits per heavy atom. The molecule has 2 N–H and O–H groups in total. The van der Waals surface area contributed by atoms with Gasteiger partial charge >= 0.3 is 0 Å². The molecule has 140 valence electrons. The highest BCUT2D eigenvalue weighted by atomic mass is 19.3. The van der Waals surface area contributed by atoms with E-state index in [1.54, 1.807) is 6.07 Å². The Bertz CT molecular complexity index is 973. The van der Waals surface area contributed by atoms with Crippen molar-refractivity contribution in [1.82, 2.24) is 9.97 Å². The monoisotopic (exact) mass is 376 g/mol. The number of rotatable bonds is 7. The molecule has 0 bridgehead atoms. The molecule has 8 nitrogen and oxygen atoms in total. The second-order valence-corrected chi connectivity index (χ2v) is 5.55. The highest BCUT2D eigenvalue weighted by molar-refractivity contribution is 5.93. The van der Waals surface area contributed by atoms with Crippen molar-refractivity contribution in [3.8, 4) is 5.75 Å². The zero-order valence-electron chi connectivity index (χ0n) is 13.8. The molecule has 0 aliphatic heterocycles. The molecule has 0 aliphatic carbocycles. The van der Waals surface area contributed by atoms with Gasteiger partial charge in [0.25, 0.3) is 12.1 Å². The number of imidazole rings is 1. The number of aromatic amines is 1. The van der Waals surface area contributed by atoms with Crippen LogP contribution < -0.4 is 10.1 Å². The van der Waals surface area contributed by atoms with Crippen LogP contribution in [0, 0.1) is 10.1 Å². The topological polar surface area (TPSA) is 110 Å². The molecule has 0 aliphatic rings. The fourth-order valence-electron chi connectivity index (χ4n) is 2.36. The van der Waals surface area contributed by atoms with Gasteiger partial charge in [-0.15, -0.1) is 0 Å². The summed E-state index contributed by atoms with van der Waals surface area (Å²) in [6.07, 6.45) is -2.66. The quantitative estimate of drug-likeness (QED) is 0.481. The number of hydrogen-bond donors (Lipinski definition) is 2. The number of alkyl halides is 2. The van der Waals surface area contributed by atoms with Crippen LogP contribution in [-0.4, -0.2) is 27.4 Å². The predicted octanol–water partition coefficient (Wildman–Crippen LogP) is 3.82. The molecule has 0 saturated carbocycles. The van der Waals surface area contributed by atoms with Gasteiger partial charge in [-0.2, -0.15) is 0 Å². The van der Waals surface area contributed by atoms with Gasteiger partial charge in [0.15, 0.2) is 5.82 Å². The Morgan fingerprint density at radius 3 is 2.67 bits per heavy atom. The van der Waals surface area contributed by atoms with Gasteiger partial charge in [0.05, 0.1) is 29.0 Å². The summed E-state index contributed by atoms with van der Waals surface area (Å²) in [7, 11) is 0. The van der Waals surface area contributed by atoms with E-state index in [-0.39, 0.29) is 24.6 Å². The van der Waals surface area contributed by atoms with Crippen molar-refractivity contribution in [1.29, 1.82) is 0 Å².